The van der Waals surface area contributed by atoms with Gasteiger partial charge in [-0.1, -0.05) is 23.7 Å². The third kappa shape index (κ3) is 3.50. The van der Waals surface area contributed by atoms with Gasteiger partial charge in [0.25, 0.3) is 0 Å². The first-order valence-corrected chi connectivity index (χ1v) is 9.57. The Bertz CT molecular complexity index is 889. The van der Waals surface area contributed by atoms with Gasteiger partial charge in [0.05, 0.1) is 18.3 Å². The third-order valence-corrected chi connectivity index (χ3v) is 6.05. The maximum Gasteiger partial charge on any atom is 0.344 e. The molecule has 0 unspecified atom stereocenters. The van der Waals surface area contributed by atoms with Crippen molar-refractivity contribution in [3.8, 4) is 5.75 Å². The number of amides is 1. The minimum Gasteiger partial charge on any atom is -0.495 e. The van der Waals surface area contributed by atoms with Gasteiger partial charge < -0.3 is 9.64 Å². The Morgan fingerprint density at radius 1 is 1.32 bits per heavy atom. The van der Waals surface area contributed by atoms with Crippen LogP contribution in [0, 0.1) is 6.92 Å². The topological polar surface area (TPSA) is 81.5 Å². The maximum atomic E-state index is 13.0. The normalized spacial score (nSPS) is 11.4. The van der Waals surface area contributed by atoms with Crippen molar-refractivity contribution in [1.29, 1.82) is 0 Å². The molecule has 0 bridgehead atoms. The monoisotopic (exact) mass is 385 g/mol. The summed E-state index contributed by atoms with van der Waals surface area (Å²) in [6, 6.07) is 4.45. The molecule has 0 aliphatic carbocycles. The Morgan fingerprint density at radius 3 is 2.52 bits per heavy atom. The molecule has 25 heavy (non-hydrogen) atoms. The molecule has 1 aromatic carbocycles. The third-order valence-electron chi connectivity index (χ3n) is 3.79. The number of ether oxygens (including phenoxy) is 1. The van der Waals surface area contributed by atoms with Gasteiger partial charge in [0.1, 0.15) is 10.6 Å². The number of halogens is 1. The molecular weight excluding hydrogens is 366 g/mol. The molecule has 7 nitrogen and oxygen atoms in total. The smallest absolute Gasteiger partial charge is 0.344 e. The average Bonchev–Trinajstić information content (AvgIpc) is 2.98. The fourth-order valence-corrected chi connectivity index (χ4v) is 4.52. The lowest BCUT2D eigenvalue weighted by Crippen LogP contribution is -2.34. The molecule has 0 aliphatic heterocycles. The molecule has 9 heteroatoms. The number of aryl methyl sites for hydroxylation is 1. The highest BCUT2D eigenvalue weighted by molar-refractivity contribution is 7.91. The zero-order valence-electron chi connectivity index (χ0n) is 14.5. The van der Waals surface area contributed by atoms with E-state index in [2.05, 4.69) is 5.10 Å². The molecule has 0 aliphatic rings. The predicted octanol–water partition coefficient (Wildman–Crippen LogP) is 3.00. The van der Waals surface area contributed by atoms with E-state index in [1.807, 2.05) is 13.8 Å². The highest BCUT2D eigenvalue weighted by Crippen LogP contribution is 2.34. The summed E-state index contributed by atoms with van der Waals surface area (Å²) in [5.41, 5.74) is 0.500. The fraction of sp³-hybridized carbons (Fsp3) is 0.375. The Kier molecular flexibility index (Phi) is 5.74. The summed E-state index contributed by atoms with van der Waals surface area (Å²) in [4.78, 5) is 13.9. The number of nitrogens with zero attached hydrogens (tertiary/aromatic N) is 3. The number of carbonyl (C=O) groups excluding carboxylic acids is 1. The van der Waals surface area contributed by atoms with Crippen LogP contribution in [0.15, 0.2) is 34.3 Å². The van der Waals surface area contributed by atoms with Crippen LogP contribution in [-0.2, 0) is 9.84 Å². The number of sulfone groups is 1. The van der Waals surface area contributed by atoms with Crippen molar-refractivity contribution in [2.45, 2.75) is 30.7 Å². The molecule has 1 amide bonds. The van der Waals surface area contributed by atoms with Crippen molar-refractivity contribution in [3.05, 3.63) is 35.0 Å². The highest BCUT2D eigenvalue weighted by Gasteiger charge is 2.31. The van der Waals surface area contributed by atoms with Gasteiger partial charge in [0, 0.05) is 13.1 Å². The molecule has 1 heterocycles. The lowest BCUT2D eigenvalue weighted by atomic mass is 10.2. The zero-order chi connectivity index (χ0) is 18.8. The van der Waals surface area contributed by atoms with E-state index in [9.17, 15) is 13.2 Å². The summed E-state index contributed by atoms with van der Waals surface area (Å²) in [6.07, 6.45) is 1.21. The Hall–Kier alpha value is -2.06. The van der Waals surface area contributed by atoms with Crippen molar-refractivity contribution in [2.75, 3.05) is 20.2 Å². The molecule has 0 atom stereocenters. The minimum absolute atomic E-state index is 0.0139. The second-order valence-corrected chi connectivity index (χ2v) is 7.50. The van der Waals surface area contributed by atoms with Gasteiger partial charge in [-0.25, -0.2) is 13.2 Å². The molecule has 0 radical (unpaired) electrons. The maximum absolute atomic E-state index is 13.0. The van der Waals surface area contributed by atoms with E-state index in [1.165, 1.54) is 18.2 Å². The van der Waals surface area contributed by atoms with Crippen LogP contribution in [0.3, 0.4) is 0 Å². The number of aromatic nitrogens is 2. The molecule has 0 spiro atoms. The zero-order valence-corrected chi connectivity index (χ0v) is 16.1. The van der Waals surface area contributed by atoms with Crippen molar-refractivity contribution < 1.29 is 17.9 Å². The first kappa shape index (κ1) is 19.3. The number of hydrogen-bond donors (Lipinski definition) is 0. The van der Waals surface area contributed by atoms with Gasteiger partial charge in [-0.3, -0.25) is 0 Å². The van der Waals surface area contributed by atoms with Crippen LogP contribution >= 0.6 is 11.6 Å². The van der Waals surface area contributed by atoms with Crippen molar-refractivity contribution in [1.82, 2.24) is 14.7 Å². The van der Waals surface area contributed by atoms with E-state index < -0.39 is 15.9 Å². The van der Waals surface area contributed by atoms with E-state index >= 15 is 0 Å². The molecule has 2 rings (SSSR count). The molecule has 1 aromatic heterocycles. The Morgan fingerprint density at radius 2 is 1.96 bits per heavy atom. The summed E-state index contributed by atoms with van der Waals surface area (Å²) < 4.78 is 32.2. The summed E-state index contributed by atoms with van der Waals surface area (Å²) in [6.45, 7) is 6.24. The largest absolute Gasteiger partial charge is 0.495 e. The summed E-state index contributed by atoms with van der Waals surface area (Å²) in [7, 11) is -2.67. The van der Waals surface area contributed by atoms with Gasteiger partial charge >= 0.3 is 6.03 Å². The van der Waals surface area contributed by atoms with Crippen LogP contribution in [0.5, 0.6) is 5.75 Å². The molecule has 2 aromatic rings. The van der Waals surface area contributed by atoms with Gasteiger partial charge in [-0.05, 0) is 32.4 Å². The van der Waals surface area contributed by atoms with Crippen molar-refractivity contribution in [3.63, 3.8) is 0 Å². The van der Waals surface area contributed by atoms with Crippen molar-refractivity contribution >= 4 is 27.5 Å². The second kappa shape index (κ2) is 7.45. The number of benzene rings is 1. The molecule has 0 saturated carbocycles. The fourth-order valence-electron chi connectivity index (χ4n) is 2.48. The van der Waals surface area contributed by atoms with Gasteiger partial charge in [0.2, 0.25) is 14.9 Å². The number of methoxy groups -OCH3 is 1. The number of hydrogen-bond acceptors (Lipinski definition) is 5. The Balaban J connectivity index is 2.58. The summed E-state index contributed by atoms with van der Waals surface area (Å²) in [5.74, 6) is 0.195. The van der Waals surface area contributed by atoms with Crippen LogP contribution in [0.2, 0.25) is 5.02 Å². The molecule has 0 fully saturated rings. The molecular formula is C16H20ClN3O4S. The van der Waals surface area contributed by atoms with Crippen molar-refractivity contribution in [2.24, 2.45) is 0 Å². The summed E-state index contributed by atoms with van der Waals surface area (Å²) >= 11 is 6.09. The SMILES string of the molecule is CCN(CC)C(=O)n1cc(Cl)c(S(=O)(=O)c2c(C)cccc2OC)n1. The average molecular weight is 386 g/mol. The van der Waals surface area contributed by atoms with Crippen LogP contribution in [0.1, 0.15) is 19.4 Å². The minimum atomic E-state index is -4.05. The van der Waals surface area contributed by atoms with Crippen LogP contribution in [-0.4, -0.2) is 49.3 Å². The first-order valence-electron chi connectivity index (χ1n) is 7.71. The van der Waals surface area contributed by atoms with E-state index in [1.54, 1.807) is 25.1 Å². The molecule has 0 saturated heterocycles. The van der Waals surface area contributed by atoms with E-state index in [-0.39, 0.29) is 20.7 Å². The quantitative estimate of drug-likeness (QED) is 0.790. The predicted molar refractivity (Wildman–Crippen MR) is 94.1 cm³/mol. The molecule has 0 N–H and O–H groups in total. The lowest BCUT2D eigenvalue weighted by Gasteiger charge is -2.17. The molecule has 136 valence electrons. The number of carbonyl (C=O) groups is 1. The van der Waals surface area contributed by atoms with Gasteiger partial charge in [-0.2, -0.15) is 9.78 Å². The first-order chi connectivity index (χ1) is 11.8. The van der Waals surface area contributed by atoms with Gasteiger partial charge in [0.15, 0.2) is 0 Å². The number of rotatable bonds is 5. The summed E-state index contributed by atoms with van der Waals surface area (Å²) in [5, 5.41) is 3.45. The van der Waals surface area contributed by atoms with Crippen LogP contribution < -0.4 is 4.74 Å². The lowest BCUT2D eigenvalue weighted by molar-refractivity contribution is 0.201. The second-order valence-electron chi connectivity index (χ2n) is 5.29. The highest BCUT2D eigenvalue weighted by atomic mass is 35.5. The van der Waals surface area contributed by atoms with E-state index in [0.717, 1.165) is 4.68 Å². The van der Waals surface area contributed by atoms with E-state index in [4.69, 9.17) is 16.3 Å². The standard InChI is InChI=1S/C16H20ClN3O4S/c1-5-19(6-2)16(21)20-10-12(17)15(18-20)25(22,23)14-11(3)8-7-9-13(14)24-4/h7-10H,5-6H2,1-4H3. The van der Waals surface area contributed by atoms with Gasteiger partial charge in [-0.15, -0.1) is 0 Å². The van der Waals surface area contributed by atoms with Crippen LogP contribution in [0.25, 0.3) is 0 Å². The van der Waals surface area contributed by atoms with E-state index in [0.29, 0.717) is 18.7 Å². The van der Waals surface area contributed by atoms with Crippen LogP contribution in [0.4, 0.5) is 4.79 Å². The Labute approximate surface area is 152 Å².